The van der Waals surface area contributed by atoms with Gasteiger partial charge < -0.3 is 0 Å². The van der Waals surface area contributed by atoms with Gasteiger partial charge in [0.25, 0.3) is 0 Å². The fraction of sp³-hybridized carbons (Fsp3) is 0.500. The van der Waals surface area contributed by atoms with Crippen molar-refractivity contribution < 1.29 is 0 Å². The normalized spacial score (nSPS) is 8.71. The average Bonchev–Trinajstić information content (AvgIpc) is 2.80. The van der Waals surface area contributed by atoms with Gasteiger partial charge in [-0.15, -0.1) is 22.7 Å². The molecule has 0 saturated carbocycles. The molecule has 0 aliphatic rings. The van der Waals surface area contributed by atoms with Gasteiger partial charge >= 0.3 is 0 Å². The van der Waals surface area contributed by atoms with Crippen LogP contribution in [-0.2, 0) is 0 Å². The molecule has 0 amide bonds. The smallest absolute Gasteiger partial charge is 0.0481 e. The molecule has 0 nitrogen and oxygen atoms in total. The van der Waals surface area contributed by atoms with E-state index < -0.39 is 0 Å². The van der Waals surface area contributed by atoms with Crippen LogP contribution in [0.15, 0.2) is 11.4 Å². The first kappa shape index (κ1) is 13.7. The standard InChI is InChI=1S/C8H8S2.2C2H6/c1-5-7-3-4-9-8(7)6(2)10-5;2*1-2/h3-4H,1-2H3;2*1-2H3. The molecule has 0 saturated heterocycles. The summed E-state index contributed by atoms with van der Waals surface area (Å²) in [7, 11) is 0. The van der Waals surface area contributed by atoms with Crippen LogP contribution in [0.25, 0.3) is 10.1 Å². The van der Waals surface area contributed by atoms with Crippen molar-refractivity contribution in [1.29, 1.82) is 0 Å². The predicted octanol–water partition coefficient (Wildman–Crippen LogP) is 5.63. The summed E-state index contributed by atoms with van der Waals surface area (Å²) in [6.45, 7) is 12.4. The van der Waals surface area contributed by atoms with Crippen molar-refractivity contribution in [2.45, 2.75) is 41.5 Å². The highest BCUT2D eigenvalue weighted by atomic mass is 32.1. The maximum absolute atomic E-state index is 2.21. The van der Waals surface area contributed by atoms with E-state index in [2.05, 4.69) is 25.3 Å². The van der Waals surface area contributed by atoms with Gasteiger partial charge in [-0.2, -0.15) is 0 Å². The molecule has 0 atom stereocenters. The summed E-state index contributed by atoms with van der Waals surface area (Å²) in [5.41, 5.74) is 0. The molecule has 0 N–H and O–H groups in total. The minimum atomic E-state index is 1.45. The maximum Gasteiger partial charge on any atom is 0.0481 e. The number of hydrogen-bond acceptors (Lipinski definition) is 2. The topological polar surface area (TPSA) is 0 Å². The van der Waals surface area contributed by atoms with Crippen LogP contribution in [0, 0.1) is 13.8 Å². The van der Waals surface area contributed by atoms with Crippen LogP contribution >= 0.6 is 22.7 Å². The van der Waals surface area contributed by atoms with Crippen molar-refractivity contribution >= 4 is 32.8 Å². The molecule has 0 aliphatic carbocycles. The molecule has 0 spiro atoms. The molecule has 0 bridgehead atoms. The number of aryl methyl sites for hydroxylation is 2. The first-order valence-electron chi connectivity index (χ1n) is 5.22. The lowest BCUT2D eigenvalue weighted by Crippen LogP contribution is -1.53. The van der Waals surface area contributed by atoms with Crippen LogP contribution in [0.4, 0.5) is 0 Å². The Labute approximate surface area is 95.6 Å². The summed E-state index contributed by atoms with van der Waals surface area (Å²) in [5, 5.41) is 3.62. The molecule has 2 aromatic heterocycles. The van der Waals surface area contributed by atoms with Crippen molar-refractivity contribution in [1.82, 2.24) is 0 Å². The van der Waals surface area contributed by atoms with Gasteiger partial charge in [-0.3, -0.25) is 0 Å². The van der Waals surface area contributed by atoms with Crippen LogP contribution < -0.4 is 0 Å². The molecule has 0 unspecified atom stereocenters. The van der Waals surface area contributed by atoms with Crippen LogP contribution in [0.2, 0.25) is 0 Å². The Hall–Kier alpha value is -0.340. The molecule has 80 valence electrons. The molecular weight excluding hydrogens is 208 g/mol. The molecule has 2 heteroatoms. The van der Waals surface area contributed by atoms with Gasteiger partial charge in [-0.1, -0.05) is 27.7 Å². The molecule has 14 heavy (non-hydrogen) atoms. The second-order valence-corrected chi connectivity index (χ2v) is 4.72. The van der Waals surface area contributed by atoms with Gasteiger partial charge in [-0.05, 0) is 25.3 Å². The highest BCUT2D eigenvalue weighted by Crippen LogP contribution is 2.33. The highest BCUT2D eigenvalue weighted by molar-refractivity contribution is 7.23. The number of fused-ring (bicyclic) bond motifs is 1. The van der Waals surface area contributed by atoms with Gasteiger partial charge in [0.2, 0.25) is 0 Å². The lowest BCUT2D eigenvalue weighted by molar-refractivity contribution is 1.50. The van der Waals surface area contributed by atoms with E-state index >= 15 is 0 Å². The minimum Gasteiger partial charge on any atom is -0.144 e. The third kappa shape index (κ3) is 2.82. The van der Waals surface area contributed by atoms with E-state index in [4.69, 9.17) is 0 Å². The second-order valence-electron chi connectivity index (χ2n) is 2.38. The first-order chi connectivity index (χ1) is 6.79. The third-order valence-electron chi connectivity index (χ3n) is 1.67. The second kappa shape index (κ2) is 7.02. The van der Waals surface area contributed by atoms with E-state index in [1.54, 1.807) is 0 Å². The lowest BCUT2D eigenvalue weighted by Gasteiger charge is -1.75. The predicted molar refractivity (Wildman–Crippen MR) is 71.9 cm³/mol. The number of thiophene rings is 2. The van der Waals surface area contributed by atoms with E-state index in [1.807, 2.05) is 50.4 Å². The summed E-state index contributed by atoms with van der Waals surface area (Å²) in [6, 6.07) is 2.21. The van der Waals surface area contributed by atoms with Crippen molar-refractivity contribution in [3.63, 3.8) is 0 Å². The number of rotatable bonds is 0. The SMILES string of the molecule is CC.CC.Cc1sc(C)c2sccc12. The summed E-state index contributed by atoms with van der Waals surface area (Å²) in [6.07, 6.45) is 0. The van der Waals surface area contributed by atoms with Crippen molar-refractivity contribution in [3.05, 3.63) is 21.2 Å². The van der Waals surface area contributed by atoms with E-state index in [0.717, 1.165) is 0 Å². The highest BCUT2D eigenvalue weighted by Gasteiger charge is 2.03. The molecule has 0 radical (unpaired) electrons. The molecule has 0 aromatic carbocycles. The summed E-state index contributed by atoms with van der Waals surface area (Å²) in [4.78, 5) is 2.91. The van der Waals surface area contributed by atoms with Gasteiger partial charge in [-0.25, -0.2) is 0 Å². The van der Waals surface area contributed by atoms with Crippen LogP contribution in [0.3, 0.4) is 0 Å². The van der Waals surface area contributed by atoms with Crippen molar-refractivity contribution in [2.75, 3.05) is 0 Å². The molecular formula is C12H20S2. The monoisotopic (exact) mass is 228 g/mol. The Bertz CT molecular complexity index is 324. The zero-order valence-corrected chi connectivity index (χ0v) is 11.6. The minimum absolute atomic E-state index is 1.45. The lowest BCUT2D eigenvalue weighted by atomic mass is 10.3. The zero-order valence-electron chi connectivity index (χ0n) is 9.97. The average molecular weight is 228 g/mol. The van der Waals surface area contributed by atoms with Crippen LogP contribution in [-0.4, -0.2) is 0 Å². The van der Waals surface area contributed by atoms with E-state index in [0.29, 0.717) is 0 Å². The van der Waals surface area contributed by atoms with Gasteiger partial charge in [0.15, 0.2) is 0 Å². The van der Waals surface area contributed by atoms with E-state index in [9.17, 15) is 0 Å². The van der Waals surface area contributed by atoms with E-state index in [-0.39, 0.29) is 0 Å². The summed E-state index contributed by atoms with van der Waals surface area (Å²) >= 11 is 3.74. The van der Waals surface area contributed by atoms with Crippen LogP contribution in [0.5, 0.6) is 0 Å². The summed E-state index contributed by atoms with van der Waals surface area (Å²) < 4.78 is 1.47. The van der Waals surface area contributed by atoms with Crippen molar-refractivity contribution in [3.8, 4) is 0 Å². The van der Waals surface area contributed by atoms with Crippen molar-refractivity contribution in [2.24, 2.45) is 0 Å². The fourth-order valence-corrected chi connectivity index (χ4v) is 3.32. The molecule has 2 rings (SSSR count). The molecule has 0 aliphatic heterocycles. The van der Waals surface area contributed by atoms with Gasteiger partial charge in [0.05, 0.1) is 0 Å². The Balaban J connectivity index is 0.000000379. The van der Waals surface area contributed by atoms with E-state index in [1.165, 1.54) is 19.8 Å². The fourth-order valence-electron chi connectivity index (χ4n) is 1.19. The summed E-state index contributed by atoms with van der Waals surface area (Å²) in [5.74, 6) is 0. The third-order valence-corrected chi connectivity index (χ3v) is 3.87. The Morgan fingerprint density at radius 2 is 1.50 bits per heavy atom. The largest absolute Gasteiger partial charge is 0.144 e. The van der Waals surface area contributed by atoms with Gasteiger partial charge in [0.1, 0.15) is 0 Å². The van der Waals surface area contributed by atoms with Gasteiger partial charge in [0, 0.05) is 19.8 Å². The Morgan fingerprint density at radius 1 is 0.929 bits per heavy atom. The molecule has 2 aromatic rings. The maximum atomic E-state index is 2.21. The molecule has 2 heterocycles. The van der Waals surface area contributed by atoms with Crippen LogP contribution in [0.1, 0.15) is 37.4 Å². The first-order valence-corrected chi connectivity index (χ1v) is 6.92. The molecule has 0 fully saturated rings. The zero-order chi connectivity index (χ0) is 11.1. The Morgan fingerprint density at radius 3 is 2.00 bits per heavy atom. The number of hydrogen-bond donors (Lipinski definition) is 0. The Kier molecular flexibility index (Phi) is 6.85. The quantitative estimate of drug-likeness (QED) is 0.548.